The lowest BCUT2D eigenvalue weighted by Gasteiger charge is -2.25. The fourth-order valence-corrected chi connectivity index (χ4v) is 2.72. The molecule has 2 heteroatoms. The first-order chi connectivity index (χ1) is 8.79. The third-order valence-corrected chi connectivity index (χ3v) is 3.97. The number of rotatable bonds is 6. The summed E-state index contributed by atoms with van der Waals surface area (Å²) in [6, 6.07) is 9.45. The van der Waals surface area contributed by atoms with Crippen LogP contribution in [0.25, 0.3) is 0 Å². The number of nitrogens with one attached hydrogen (secondary N) is 1. The first kappa shape index (κ1) is 13.6. The summed E-state index contributed by atoms with van der Waals surface area (Å²) in [5.74, 6) is 0.443. The van der Waals surface area contributed by atoms with Crippen LogP contribution in [0.5, 0.6) is 0 Å². The van der Waals surface area contributed by atoms with E-state index < -0.39 is 0 Å². The van der Waals surface area contributed by atoms with Gasteiger partial charge in [0.05, 0.1) is 0 Å². The average molecular weight is 247 g/mol. The summed E-state index contributed by atoms with van der Waals surface area (Å²) in [7, 11) is 0. The summed E-state index contributed by atoms with van der Waals surface area (Å²) >= 11 is 0. The number of aryl methyl sites for hydroxylation is 1. The molecule has 0 aromatic heterocycles. The molecule has 0 radical (unpaired) electrons. The normalized spacial score (nSPS) is 20.4. The predicted molar refractivity (Wildman–Crippen MR) is 75.7 cm³/mol. The van der Waals surface area contributed by atoms with Gasteiger partial charge in [0.15, 0.2) is 0 Å². The van der Waals surface area contributed by atoms with E-state index in [4.69, 9.17) is 5.11 Å². The summed E-state index contributed by atoms with van der Waals surface area (Å²) in [6.07, 6.45) is 5.92. The van der Waals surface area contributed by atoms with Crippen molar-refractivity contribution in [1.29, 1.82) is 0 Å². The second-order valence-electron chi connectivity index (χ2n) is 5.59. The first-order valence-corrected chi connectivity index (χ1v) is 7.20. The summed E-state index contributed by atoms with van der Waals surface area (Å²) in [5.41, 5.74) is 3.05. The van der Waals surface area contributed by atoms with Crippen molar-refractivity contribution in [3.63, 3.8) is 0 Å². The minimum atomic E-state index is 0.316. The molecule has 0 fully saturated rings. The van der Waals surface area contributed by atoms with Crippen LogP contribution in [-0.2, 0) is 12.8 Å². The molecule has 1 aliphatic carbocycles. The molecule has 100 valence electrons. The van der Waals surface area contributed by atoms with E-state index in [0.29, 0.717) is 18.6 Å². The monoisotopic (exact) mass is 247 g/mol. The number of fused-ring (bicyclic) bond motifs is 1. The Morgan fingerprint density at radius 1 is 1.33 bits per heavy atom. The van der Waals surface area contributed by atoms with Crippen LogP contribution in [0, 0.1) is 5.92 Å². The molecule has 2 nitrogen and oxygen atoms in total. The average Bonchev–Trinajstić information content (AvgIpc) is 2.43. The second-order valence-corrected chi connectivity index (χ2v) is 5.59. The Morgan fingerprint density at radius 3 is 2.89 bits per heavy atom. The van der Waals surface area contributed by atoms with E-state index >= 15 is 0 Å². The van der Waals surface area contributed by atoms with E-state index in [0.717, 1.165) is 13.0 Å². The molecule has 0 amide bonds. The highest BCUT2D eigenvalue weighted by molar-refractivity contribution is 5.30. The van der Waals surface area contributed by atoms with Crippen molar-refractivity contribution in [3.8, 4) is 0 Å². The molecular weight excluding hydrogens is 222 g/mol. The van der Waals surface area contributed by atoms with Crippen molar-refractivity contribution >= 4 is 0 Å². The summed E-state index contributed by atoms with van der Waals surface area (Å²) in [5, 5.41) is 12.6. The first-order valence-electron chi connectivity index (χ1n) is 7.20. The Kier molecular flexibility index (Phi) is 5.21. The van der Waals surface area contributed by atoms with Crippen LogP contribution in [0.4, 0.5) is 0 Å². The number of hydrogen-bond acceptors (Lipinski definition) is 2. The van der Waals surface area contributed by atoms with Crippen LogP contribution < -0.4 is 5.32 Å². The third-order valence-electron chi connectivity index (χ3n) is 3.97. The summed E-state index contributed by atoms with van der Waals surface area (Å²) in [6.45, 7) is 3.50. The van der Waals surface area contributed by atoms with Crippen LogP contribution in [0.3, 0.4) is 0 Å². The fraction of sp³-hybridized carbons (Fsp3) is 0.625. The highest BCUT2D eigenvalue weighted by Crippen LogP contribution is 2.21. The van der Waals surface area contributed by atoms with Gasteiger partial charge in [-0.2, -0.15) is 0 Å². The van der Waals surface area contributed by atoms with Crippen molar-refractivity contribution in [2.24, 2.45) is 5.92 Å². The van der Waals surface area contributed by atoms with Gasteiger partial charge in [-0.15, -0.1) is 0 Å². The van der Waals surface area contributed by atoms with Crippen LogP contribution in [-0.4, -0.2) is 24.3 Å². The van der Waals surface area contributed by atoms with Crippen molar-refractivity contribution < 1.29 is 5.11 Å². The molecule has 2 unspecified atom stereocenters. The number of benzene rings is 1. The molecule has 18 heavy (non-hydrogen) atoms. The van der Waals surface area contributed by atoms with Crippen LogP contribution >= 0.6 is 0 Å². The van der Waals surface area contributed by atoms with Gasteiger partial charge < -0.3 is 10.4 Å². The van der Waals surface area contributed by atoms with Gasteiger partial charge in [-0.3, -0.25) is 0 Å². The van der Waals surface area contributed by atoms with Gasteiger partial charge in [0, 0.05) is 12.6 Å². The molecule has 1 aliphatic rings. The maximum Gasteiger partial charge on any atom is 0.0456 e. The van der Waals surface area contributed by atoms with E-state index in [1.165, 1.54) is 36.8 Å². The molecule has 0 heterocycles. The zero-order valence-electron chi connectivity index (χ0n) is 11.4. The zero-order chi connectivity index (χ0) is 12.8. The van der Waals surface area contributed by atoms with Crippen LogP contribution in [0.2, 0.25) is 0 Å². The topological polar surface area (TPSA) is 32.3 Å². The Hall–Kier alpha value is -0.860. The van der Waals surface area contributed by atoms with Crippen molar-refractivity contribution in [3.05, 3.63) is 35.4 Å². The quantitative estimate of drug-likeness (QED) is 0.757. The van der Waals surface area contributed by atoms with E-state index in [-0.39, 0.29) is 0 Å². The molecule has 1 aromatic rings. The van der Waals surface area contributed by atoms with Crippen molar-refractivity contribution in [2.75, 3.05) is 13.2 Å². The largest absolute Gasteiger partial charge is 0.396 e. The van der Waals surface area contributed by atoms with E-state index in [2.05, 4.69) is 36.5 Å². The Labute approximate surface area is 110 Å². The summed E-state index contributed by atoms with van der Waals surface area (Å²) < 4.78 is 0. The number of aliphatic hydroxyl groups excluding tert-OH is 1. The number of aliphatic hydroxyl groups is 1. The van der Waals surface area contributed by atoms with Gasteiger partial charge in [-0.05, 0) is 55.7 Å². The molecule has 0 saturated heterocycles. The highest BCUT2D eigenvalue weighted by Gasteiger charge is 2.17. The maximum absolute atomic E-state index is 8.97. The molecule has 0 spiro atoms. The molecule has 0 bridgehead atoms. The third kappa shape index (κ3) is 3.82. The Bertz CT molecular complexity index is 364. The van der Waals surface area contributed by atoms with E-state index in [1.807, 2.05) is 0 Å². The smallest absolute Gasteiger partial charge is 0.0456 e. The number of hydrogen-bond donors (Lipinski definition) is 2. The highest BCUT2D eigenvalue weighted by atomic mass is 16.3. The molecule has 2 atom stereocenters. The zero-order valence-corrected chi connectivity index (χ0v) is 11.4. The molecule has 2 N–H and O–H groups in total. The minimum Gasteiger partial charge on any atom is -0.396 e. The van der Waals surface area contributed by atoms with Crippen LogP contribution in [0.15, 0.2) is 24.3 Å². The lowest BCUT2D eigenvalue weighted by molar-refractivity contribution is 0.227. The Balaban J connectivity index is 1.70. The lowest BCUT2D eigenvalue weighted by atomic mass is 9.88. The van der Waals surface area contributed by atoms with Crippen molar-refractivity contribution in [2.45, 2.75) is 45.1 Å². The molecule has 0 saturated carbocycles. The fourth-order valence-electron chi connectivity index (χ4n) is 2.72. The van der Waals surface area contributed by atoms with Gasteiger partial charge in [0.1, 0.15) is 0 Å². The standard InChI is InChI=1S/C16H25NO/c1-13(12-18)5-4-10-17-16-9-8-14-6-2-3-7-15(14)11-16/h2-3,6-7,13,16-18H,4-5,8-12H2,1H3. The van der Waals surface area contributed by atoms with Crippen LogP contribution in [0.1, 0.15) is 37.3 Å². The lowest BCUT2D eigenvalue weighted by Crippen LogP contribution is -2.35. The van der Waals surface area contributed by atoms with Gasteiger partial charge in [-0.25, -0.2) is 0 Å². The molecular formula is C16H25NO. The van der Waals surface area contributed by atoms with Gasteiger partial charge in [0.2, 0.25) is 0 Å². The second kappa shape index (κ2) is 6.91. The van der Waals surface area contributed by atoms with Gasteiger partial charge >= 0.3 is 0 Å². The summed E-state index contributed by atoms with van der Waals surface area (Å²) in [4.78, 5) is 0. The van der Waals surface area contributed by atoms with Gasteiger partial charge in [-0.1, -0.05) is 31.2 Å². The Morgan fingerprint density at radius 2 is 2.11 bits per heavy atom. The SMILES string of the molecule is CC(CO)CCCNC1CCc2ccccc2C1. The molecule has 1 aromatic carbocycles. The van der Waals surface area contributed by atoms with E-state index in [1.54, 1.807) is 0 Å². The minimum absolute atomic E-state index is 0.316. The van der Waals surface area contributed by atoms with Gasteiger partial charge in [0.25, 0.3) is 0 Å². The van der Waals surface area contributed by atoms with E-state index in [9.17, 15) is 0 Å². The maximum atomic E-state index is 8.97. The predicted octanol–water partition coefficient (Wildman–Crippen LogP) is 2.54. The molecule has 2 rings (SSSR count). The molecule has 0 aliphatic heterocycles. The van der Waals surface area contributed by atoms with Crippen molar-refractivity contribution in [1.82, 2.24) is 5.32 Å².